The Labute approximate surface area is 114 Å². The molecule has 0 unspecified atom stereocenters. The number of carbonyl (C=O) groups is 1. The Morgan fingerprint density at radius 3 is 2.84 bits per heavy atom. The Hall–Kier alpha value is -1.95. The van der Waals surface area contributed by atoms with Crippen molar-refractivity contribution in [3.63, 3.8) is 0 Å². The van der Waals surface area contributed by atoms with Crippen molar-refractivity contribution in [2.45, 2.75) is 19.4 Å². The summed E-state index contributed by atoms with van der Waals surface area (Å²) in [5.74, 6) is -1.11. The number of aromatic amines is 1. The predicted molar refractivity (Wildman–Crippen MR) is 68.3 cm³/mol. The summed E-state index contributed by atoms with van der Waals surface area (Å²) in [5, 5.41) is 12.6. The number of nitrogens with one attached hydrogen (secondary N) is 2. The van der Waals surface area contributed by atoms with Crippen LogP contribution in [-0.4, -0.2) is 21.3 Å². The van der Waals surface area contributed by atoms with Crippen molar-refractivity contribution in [3.8, 4) is 0 Å². The fourth-order valence-electron chi connectivity index (χ4n) is 1.60. The Bertz CT molecular complexity index is 598. The molecule has 2 aromatic rings. The Morgan fingerprint density at radius 1 is 1.47 bits per heavy atom. The molecule has 100 valence electrons. The fraction of sp³-hybridized carbons (Fsp3) is 0.250. The van der Waals surface area contributed by atoms with Gasteiger partial charge in [0, 0.05) is 0 Å². The summed E-state index contributed by atoms with van der Waals surface area (Å²) in [7, 11) is 0. The van der Waals surface area contributed by atoms with Crippen molar-refractivity contribution < 1.29 is 9.18 Å². The van der Waals surface area contributed by atoms with Gasteiger partial charge >= 0.3 is 0 Å². The van der Waals surface area contributed by atoms with Gasteiger partial charge < -0.3 is 5.32 Å². The quantitative estimate of drug-likeness (QED) is 0.907. The van der Waals surface area contributed by atoms with Gasteiger partial charge in [-0.3, -0.25) is 4.79 Å². The zero-order valence-corrected chi connectivity index (χ0v) is 11.1. The average molecular weight is 283 g/mol. The minimum absolute atomic E-state index is 0.0817. The molecule has 2 rings (SSSR count). The van der Waals surface area contributed by atoms with Crippen LogP contribution in [0.1, 0.15) is 29.9 Å². The number of carbonyl (C=O) groups excluding carboxylic acids is 1. The van der Waals surface area contributed by atoms with Gasteiger partial charge in [-0.25, -0.2) is 4.39 Å². The molecule has 7 heteroatoms. The zero-order chi connectivity index (χ0) is 14.0. The molecule has 0 aliphatic carbocycles. The lowest BCUT2D eigenvalue weighted by Crippen LogP contribution is -2.41. The summed E-state index contributed by atoms with van der Waals surface area (Å²) >= 11 is 5.77. The third-order valence-corrected chi connectivity index (χ3v) is 3.06. The highest BCUT2D eigenvalue weighted by molar-refractivity contribution is 6.34. The third-order valence-electron chi connectivity index (χ3n) is 2.68. The van der Waals surface area contributed by atoms with E-state index < -0.39 is 17.3 Å². The molecular weight excluding hydrogens is 271 g/mol. The van der Waals surface area contributed by atoms with Crippen LogP contribution in [0.3, 0.4) is 0 Å². The van der Waals surface area contributed by atoms with Crippen molar-refractivity contribution in [1.29, 1.82) is 0 Å². The SMILES string of the molecule is CC(C)(NC(=O)c1cccc(F)c1Cl)c1cn[nH]n1. The summed E-state index contributed by atoms with van der Waals surface area (Å²) in [6.45, 7) is 3.52. The van der Waals surface area contributed by atoms with Gasteiger partial charge in [-0.15, -0.1) is 0 Å². The van der Waals surface area contributed by atoms with Crippen LogP contribution in [0.4, 0.5) is 4.39 Å². The highest BCUT2D eigenvalue weighted by Gasteiger charge is 2.27. The first-order valence-electron chi connectivity index (χ1n) is 5.54. The van der Waals surface area contributed by atoms with E-state index in [4.69, 9.17) is 11.6 Å². The predicted octanol–water partition coefficient (Wildman–Crippen LogP) is 2.26. The van der Waals surface area contributed by atoms with Crippen LogP contribution in [0.5, 0.6) is 0 Å². The number of nitrogens with zero attached hydrogens (tertiary/aromatic N) is 2. The van der Waals surface area contributed by atoms with Crippen molar-refractivity contribution in [3.05, 3.63) is 46.5 Å². The Kier molecular flexibility index (Phi) is 3.53. The second-order valence-corrected chi connectivity index (χ2v) is 4.91. The van der Waals surface area contributed by atoms with E-state index in [9.17, 15) is 9.18 Å². The van der Waals surface area contributed by atoms with Crippen LogP contribution in [0, 0.1) is 5.82 Å². The second kappa shape index (κ2) is 4.97. The first kappa shape index (κ1) is 13.5. The molecule has 0 saturated carbocycles. The molecule has 0 aliphatic heterocycles. The van der Waals surface area contributed by atoms with Gasteiger partial charge in [0.25, 0.3) is 5.91 Å². The Morgan fingerprint density at radius 2 is 2.21 bits per heavy atom. The third kappa shape index (κ3) is 2.73. The molecule has 0 fully saturated rings. The van der Waals surface area contributed by atoms with E-state index in [2.05, 4.69) is 20.7 Å². The zero-order valence-electron chi connectivity index (χ0n) is 10.4. The lowest BCUT2D eigenvalue weighted by Gasteiger charge is -2.23. The van der Waals surface area contributed by atoms with Crippen LogP contribution in [0.25, 0.3) is 0 Å². The molecule has 0 bridgehead atoms. The first-order chi connectivity index (χ1) is 8.92. The first-order valence-corrected chi connectivity index (χ1v) is 5.92. The number of hydrogen-bond donors (Lipinski definition) is 2. The van der Waals surface area contributed by atoms with Gasteiger partial charge in [0.1, 0.15) is 11.5 Å². The van der Waals surface area contributed by atoms with Crippen molar-refractivity contribution in [2.75, 3.05) is 0 Å². The van der Waals surface area contributed by atoms with E-state index in [1.807, 2.05) is 0 Å². The van der Waals surface area contributed by atoms with Gasteiger partial charge in [-0.05, 0) is 26.0 Å². The molecule has 19 heavy (non-hydrogen) atoms. The average Bonchev–Trinajstić information content (AvgIpc) is 2.86. The molecule has 0 spiro atoms. The van der Waals surface area contributed by atoms with E-state index in [0.717, 1.165) is 0 Å². The van der Waals surface area contributed by atoms with Gasteiger partial charge in [0.05, 0.1) is 22.3 Å². The molecule has 1 amide bonds. The van der Waals surface area contributed by atoms with Crippen molar-refractivity contribution in [2.24, 2.45) is 0 Å². The molecule has 0 saturated heterocycles. The lowest BCUT2D eigenvalue weighted by atomic mass is 10.0. The number of rotatable bonds is 3. The summed E-state index contributed by atoms with van der Waals surface area (Å²) in [4.78, 5) is 12.1. The maximum absolute atomic E-state index is 13.3. The van der Waals surface area contributed by atoms with E-state index in [1.54, 1.807) is 13.8 Å². The lowest BCUT2D eigenvalue weighted by molar-refractivity contribution is 0.0910. The maximum Gasteiger partial charge on any atom is 0.253 e. The van der Waals surface area contributed by atoms with Crippen LogP contribution in [0.2, 0.25) is 5.02 Å². The number of halogens is 2. The molecule has 5 nitrogen and oxygen atoms in total. The number of H-pyrrole nitrogens is 1. The van der Waals surface area contributed by atoms with Crippen molar-refractivity contribution in [1.82, 2.24) is 20.7 Å². The summed E-state index contributed by atoms with van der Waals surface area (Å²) in [6.07, 6.45) is 1.51. The van der Waals surface area contributed by atoms with E-state index in [1.165, 1.54) is 24.4 Å². The summed E-state index contributed by atoms with van der Waals surface area (Å²) < 4.78 is 13.3. The van der Waals surface area contributed by atoms with Crippen LogP contribution >= 0.6 is 11.6 Å². The highest BCUT2D eigenvalue weighted by Crippen LogP contribution is 2.22. The monoisotopic (exact) mass is 282 g/mol. The smallest absolute Gasteiger partial charge is 0.253 e. The Balaban J connectivity index is 2.24. The van der Waals surface area contributed by atoms with Crippen LogP contribution in [-0.2, 0) is 5.54 Å². The van der Waals surface area contributed by atoms with E-state index >= 15 is 0 Å². The fourth-order valence-corrected chi connectivity index (χ4v) is 1.81. The number of benzene rings is 1. The normalized spacial score (nSPS) is 11.4. The number of amides is 1. The molecule has 1 aromatic carbocycles. The standard InChI is InChI=1S/C12H12ClFN4O/c1-12(2,9-6-15-18-17-9)16-11(19)7-4-3-5-8(14)10(7)13/h3-6H,1-2H3,(H,16,19)(H,15,17,18). The van der Waals surface area contributed by atoms with E-state index in [-0.39, 0.29) is 10.6 Å². The molecule has 1 heterocycles. The van der Waals surface area contributed by atoms with Crippen LogP contribution < -0.4 is 5.32 Å². The number of hydrogen-bond acceptors (Lipinski definition) is 3. The maximum atomic E-state index is 13.3. The van der Waals surface area contributed by atoms with Gasteiger partial charge in [0.2, 0.25) is 0 Å². The van der Waals surface area contributed by atoms with Crippen molar-refractivity contribution >= 4 is 17.5 Å². The molecule has 0 radical (unpaired) electrons. The number of aromatic nitrogens is 3. The van der Waals surface area contributed by atoms with Gasteiger partial charge in [0.15, 0.2) is 0 Å². The topological polar surface area (TPSA) is 70.7 Å². The second-order valence-electron chi connectivity index (χ2n) is 4.54. The minimum atomic E-state index is -0.750. The largest absolute Gasteiger partial charge is 0.341 e. The molecular formula is C12H12ClFN4O. The summed E-state index contributed by atoms with van der Waals surface area (Å²) in [5.41, 5.74) is -0.105. The highest BCUT2D eigenvalue weighted by atomic mass is 35.5. The minimum Gasteiger partial charge on any atom is -0.341 e. The molecule has 1 aromatic heterocycles. The van der Waals surface area contributed by atoms with Gasteiger partial charge in [-0.2, -0.15) is 15.4 Å². The van der Waals surface area contributed by atoms with Gasteiger partial charge in [-0.1, -0.05) is 17.7 Å². The summed E-state index contributed by atoms with van der Waals surface area (Å²) in [6, 6.07) is 4.08. The molecule has 0 atom stereocenters. The molecule has 0 aliphatic rings. The van der Waals surface area contributed by atoms with E-state index in [0.29, 0.717) is 5.69 Å². The van der Waals surface area contributed by atoms with Crippen LogP contribution in [0.15, 0.2) is 24.4 Å². The molecule has 2 N–H and O–H groups in total.